The molecule has 0 aliphatic heterocycles. The van der Waals surface area contributed by atoms with E-state index in [4.69, 9.17) is 0 Å². The summed E-state index contributed by atoms with van der Waals surface area (Å²) >= 11 is 3.04. The first kappa shape index (κ1) is 14.9. The first-order valence-electron chi connectivity index (χ1n) is 5.53. The van der Waals surface area contributed by atoms with Crippen LogP contribution in [0, 0.1) is 18.6 Å². The van der Waals surface area contributed by atoms with Crippen LogP contribution in [-0.4, -0.2) is 8.42 Å². The molecule has 2 rings (SSSR count). The summed E-state index contributed by atoms with van der Waals surface area (Å²) in [5.41, 5.74) is 0.465. The Balaban J connectivity index is 2.43. The molecule has 2 aromatic rings. The maximum absolute atomic E-state index is 13.7. The fourth-order valence-electron chi connectivity index (χ4n) is 1.61. The predicted octanol–water partition coefficient (Wildman–Crippen LogP) is 3.84. The average molecular weight is 362 g/mol. The zero-order valence-corrected chi connectivity index (χ0v) is 12.7. The topological polar surface area (TPSA) is 46.2 Å². The quantitative estimate of drug-likeness (QED) is 0.902. The van der Waals surface area contributed by atoms with Gasteiger partial charge in [-0.15, -0.1) is 0 Å². The monoisotopic (exact) mass is 361 g/mol. The number of aryl methyl sites for hydroxylation is 1. The van der Waals surface area contributed by atoms with Gasteiger partial charge in [-0.1, -0.05) is 22.0 Å². The maximum Gasteiger partial charge on any atom is 0.264 e. The predicted molar refractivity (Wildman–Crippen MR) is 76.0 cm³/mol. The molecule has 1 N–H and O–H groups in total. The van der Waals surface area contributed by atoms with Crippen molar-refractivity contribution in [3.63, 3.8) is 0 Å². The van der Waals surface area contributed by atoms with Crippen molar-refractivity contribution in [2.75, 3.05) is 4.72 Å². The summed E-state index contributed by atoms with van der Waals surface area (Å²) in [6, 6.07) is 7.52. The number of sulfonamides is 1. The molecular formula is C13H10BrF2NO2S. The van der Waals surface area contributed by atoms with E-state index in [0.717, 1.165) is 18.2 Å². The van der Waals surface area contributed by atoms with Crippen LogP contribution < -0.4 is 4.72 Å². The lowest BCUT2D eigenvalue weighted by Gasteiger charge is -2.10. The molecule has 0 bridgehead atoms. The third-order valence-electron chi connectivity index (χ3n) is 2.55. The van der Waals surface area contributed by atoms with Crippen molar-refractivity contribution >= 4 is 31.6 Å². The lowest BCUT2D eigenvalue weighted by atomic mass is 10.2. The Morgan fingerprint density at radius 2 is 1.75 bits per heavy atom. The highest BCUT2D eigenvalue weighted by Gasteiger charge is 2.20. The Kier molecular flexibility index (Phi) is 4.10. The van der Waals surface area contributed by atoms with Crippen LogP contribution in [0.2, 0.25) is 0 Å². The number of hydrogen-bond donors (Lipinski definition) is 1. The van der Waals surface area contributed by atoms with Gasteiger partial charge in [0.2, 0.25) is 0 Å². The van der Waals surface area contributed by atoms with Crippen molar-refractivity contribution in [1.29, 1.82) is 0 Å². The lowest BCUT2D eigenvalue weighted by Crippen LogP contribution is -2.15. The molecule has 7 heteroatoms. The number of halogens is 3. The van der Waals surface area contributed by atoms with Gasteiger partial charge in [0, 0.05) is 4.47 Å². The highest BCUT2D eigenvalue weighted by Crippen LogP contribution is 2.24. The van der Waals surface area contributed by atoms with E-state index in [1.165, 1.54) is 18.2 Å². The highest BCUT2D eigenvalue weighted by molar-refractivity contribution is 9.10. The van der Waals surface area contributed by atoms with Gasteiger partial charge in [-0.3, -0.25) is 4.72 Å². The Hall–Kier alpha value is -1.47. The molecule has 0 heterocycles. The zero-order chi connectivity index (χ0) is 14.9. The van der Waals surface area contributed by atoms with Gasteiger partial charge in [0.1, 0.15) is 16.5 Å². The second-order valence-electron chi connectivity index (χ2n) is 4.16. The molecule has 0 spiro atoms. The zero-order valence-electron chi connectivity index (χ0n) is 10.3. The molecule has 20 heavy (non-hydrogen) atoms. The van der Waals surface area contributed by atoms with Gasteiger partial charge in [-0.2, -0.15) is 0 Å². The number of nitrogens with one attached hydrogen (secondary N) is 1. The molecule has 0 saturated carbocycles. The third-order valence-corrected chi connectivity index (χ3v) is 4.44. The summed E-state index contributed by atoms with van der Waals surface area (Å²) in [4.78, 5) is -0.540. The van der Waals surface area contributed by atoms with Gasteiger partial charge < -0.3 is 0 Å². The minimum Gasteiger partial charge on any atom is -0.277 e. The Morgan fingerprint density at radius 1 is 1.05 bits per heavy atom. The van der Waals surface area contributed by atoms with E-state index in [-0.39, 0.29) is 5.69 Å². The first-order valence-corrected chi connectivity index (χ1v) is 7.81. The van der Waals surface area contributed by atoms with Crippen LogP contribution in [-0.2, 0) is 10.0 Å². The average Bonchev–Trinajstić information content (AvgIpc) is 2.33. The van der Waals surface area contributed by atoms with Crippen LogP contribution in [0.4, 0.5) is 14.5 Å². The summed E-state index contributed by atoms with van der Waals surface area (Å²) in [5, 5.41) is 0. The highest BCUT2D eigenvalue weighted by atomic mass is 79.9. The lowest BCUT2D eigenvalue weighted by molar-refractivity contribution is 0.569. The van der Waals surface area contributed by atoms with Crippen LogP contribution >= 0.6 is 15.9 Å². The largest absolute Gasteiger partial charge is 0.277 e. The normalized spacial score (nSPS) is 11.4. The van der Waals surface area contributed by atoms with Crippen LogP contribution in [0.1, 0.15) is 5.56 Å². The smallest absolute Gasteiger partial charge is 0.264 e. The first-order chi connectivity index (χ1) is 9.29. The number of benzene rings is 2. The Bertz CT molecular complexity index is 763. The van der Waals surface area contributed by atoms with Crippen LogP contribution in [0.3, 0.4) is 0 Å². The van der Waals surface area contributed by atoms with Gasteiger partial charge in [-0.25, -0.2) is 17.2 Å². The summed E-state index contributed by atoms with van der Waals surface area (Å²) in [5.74, 6) is -1.64. The van der Waals surface area contributed by atoms with E-state index >= 15 is 0 Å². The van der Waals surface area contributed by atoms with Gasteiger partial charge in [0.25, 0.3) is 10.0 Å². The third kappa shape index (κ3) is 3.16. The van der Waals surface area contributed by atoms with Crippen molar-refractivity contribution in [3.05, 3.63) is 58.1 Å². The van der Waals surface area contributed by atoms with E-state index in [1.54, 1.807) is 6.92 Å². The van der Waals surface area contributed by atoms with Crippen LogP contribution in [0.5, 0.6) is 0 Å². The molecule has 0 aliphatic carbocycles. The second-order valence-corrected chi connectivity index (χ2v) is 6.73. The molecule has 0 fully saturated rings. The van der Waals surface area contributed by atoms with Gasteiger partial charge in [-0.05, 0) is 42.8 Å². The minimum absolute atomic E-state index is 0.215. The molecule has 3 nitrogen and oxygen atoms in total. The standard InChI is InChI=1S/C13H10BrF2NO2S/c1-8-2-4-10(15)12(6-8)17-20(18,19)13-5-3-9(14)7-11(13)16/h2-7,17H,1H3. The van der Waals surface area contributed by atoms with Crippen molar-refractivity contribution in [3.8, 4) is 0 Å². The number of rotatable bonds is 3. The number of hydrogen-bond acceptors (Lipinski definition) is 2. The minimum atomic E-state index is -4.19. The van der Waals surface area contributed by atoms with E-state index < -0.39 is 26.6 Å². The Morgan fingerprint density at radius 3 is 2.40 bits per heavy atom. The molecule has 106 valence electrons. The molecule has 0 aromatic heterocycles. The summed E-state index contributed by atoms with van der Waals surface area (Å²) in [7, 11) is -4.19. The van der Waals surface area contributed by atoms with E-state index in [1.807, 2.05) is 4.72 Å². The van der Waals surface area contributed by atoms with Crippen LogP contribution in [0.15, 0.2) is 45.8 Å². The SMILES string of the molecule is Cc1ccc(F)c(NS(=O)(=O)c2ccc(Br)cc2F)c1. The van der Waals surface area contributed by atoms with Gasteiger partial charge in [0.05, 0.1) is 5.69 Å². The van der Waals surface area contributed by atoms with Crippen LogP contribution in [0.25, 0.3) is 0 Å². The molecular weight excluding hydrogens is 352 g/mol. The molecule has 2 aromatic carbocycles. The molecule has 0 saturated heterocycles. The maximum atomic E-state index is 13.7. The van der Waals surface area contributed by atoms with Gasteiger partial charge >= 0.3 is 0 Å². The van der Waals surface area contributed by atoms with E-state index in [0.29, 0.717) is 10.0 Å². The number of anilines is 1. The molecule has 0 unspecified atom stereocenters. The molecule has 0 amide bonds. The Labute approximate surface area is 123 Å². The fourth-order valence-corrected chi connectivity index (χ4v) is 3.06. The molecule has 0 aliphatic rings. The fraction of sp³-hybridized carbons (Fsp3) is 0.0769. The second kappa shape index (κ2) is 5.49. The summed E-state index contributed by atoms with van der Waals surface area (Å²) in [6.07, 6.45) is 0. The van der Waals surface area contributed by atoms with Crippen molar-refractivity contribution < 1.29 is 17.2 Å². The molecule has 0 radical (unpaired) electrons. The van der Waals surface area contributed by atoms with Crippen molar-refractivity contribution in [2.24, 2.45) is 0 Å². The summed E-state index contributed by atoms with van der Waals surface area (Å²) in [6.45, 7) is 1.69. The summed E-state index contributed by atoms with van der Waals surface area (Å²) < 4.78 is 53.8. The van der Waals surface area contributed by atoms with Crippen molar-refractivity contribution in [1.82, 2.24) is 0 Å². The van der Waals surface area contributed by atoms with Gasteiger partial charge in [0.15, 0.2) is 0 Å². The van der Waals surface area contributed by atoms with E-state index in [2.05, 4.69) is 15.9 Å². The molecule has 0 atom stereocenters. The van der Waals surface area contributed by atoms with Crippen molar-refractivity contribution in [2.45, 2.75) is 11.8 Å². The van der Waals surface area contributed by atoms with E-state index in [9.17, 15) is 17.2 Å².